The Hall–Kier alpha value is -1.88. The maximum Gasteiger partial charge on any atom is 0.417 e. The Labute approximate surface area is 174 Å². The van der Waals surface area contributed by atoms with Gasteiger partial charge in [-0.05, 0) is 42.1 Å². The van der Waals surface area contributed by atoms with Gasteiger partial charge < -0.3 is 9.84 Å². The Morgan fingerprint density at radius 3 is 2.52 bits per heavy atom. The number of ether oxygens (including phenoxy) is 1. The minimum absolute atomic E-state index is 0.0606. The number of carbonyl (C=O) groups is 2. The number of hydrogen-bond acceptors (Lipinski definition) is 4. The maximum atomic E-state index is 13.6. The van der Waals surface area contributed by atoms with Gasteiger partial charge >= 0.3 is 6.09 Å². The number of unbranched alkanes of at least 4 members (excludes halogenated alkanes) is 1. The Kier molecular flexibility index (Phi) is 6.67. The van der Waals surface area contributed by atoms with Gasteiger partial charge in [0, 0.05) is 0 Å². The zero-order chi connectivity index (χ0) is 21.2. The summed E-state index contributed by atoms with van der Waals surface area (Å²) in [6, 6.07) is 9.94. The lowest BCUT2D eigenvalue weighted by Gasteiger charge is -2.42. The molecule has 2 amide bonds. The monoisotopic (exact) mass is 401 g/mol. The zero-order valence-electron chi connectivity index (χ0n) is 18.1. The van der Waals surface area contributed by atoms with E-state index in [1.54, 1.807) is 0 Å². The van der Waals surface area contributed by atoms with Gasteiger partial charge in [0.1, 0.15) is 6.61 Å². The topological polar surface area (TPSA) is 66.8 Å². The third-order valence-electron chi connectivity index (χ3n) is 6.63. The van der Waals surface area contributed by atoms with Crippen molar-refractivity contribution in [3.05, 3.63) is 35.9 Å². The molecule has 1 aromatic carbocycles. The molecule has 160 valence electrons. The molecule has 1 aliphatic carbocycles. The van der Waals surface area contributed by atoms with Crippen LogP contribution in [-0.4, -0.2) is 40.8 Å². The number of aliphatic hydroxyl groups is 1. The first-order chi connectivity index (χ1) is 13.7. The zero-order valence-corrected chi connectivity index (χ0v) is 18.1. The minimum atomic E-state index is -0.752. The van der Waals surface area contributed by atoms with Crippen LogP contribution in [0.15, 0.2) is 30.3 Å². The summed E-state index contributed by atoms with van der Waals surface area (Å²) in [5.74, 6) is -0.504. The summed E-state index contributed by atoms with van der Waals surface area (Å²) in [4.78, 5) is 27.3. The number of amides is 2. The summed E-state index contributed by atoms with van der Waals surface area (Å²) in [6.07, 6.45) is 3.03. The van der Waals surface area contributed by atoms with Crippen molar-refractivity contribution in [1.82, 2.24) is 4.90 Å². The SMILES string of the molecule is CCCC[C@@H]1C[C@H](c2ccccc2)C[C@@H](O)[C@H]1C(=O)N1C(=O)OC[C@H]1C(C)(C)C. The molecule has 1 aliphatic heterocycles. The van der Waals surface area contributed by atoms with Crippen molar-refractivity contribution in [3.63, 3.8) is 0 Å². The van der Waals surface area contributed by atoms with Crippen LogP contribution in [0.3, 0.4) is 0 Å². The van der Waals surface area contributed by atoms with Crippen LogP contribution in [-0.2, 0) is 9.53 Å². The Morgan fingerprint density at radius 1 is 1.21 bits per heavy atom. The van der Waals surface area contributed by atoms with E-state index in [1.165, 1.54) is 10.5 Å². The van der Waals surface area contributed by atoms with Gasteiger partial charge in [0.05, 0.1) is 18.1 Å². The van der Waals surface area contributed by atoms with Gasteiger partial charge in [-0.2, -0.15) is 0 Å². The summed E-state index contributed by atoms with van der Waals surface area (Å²) in [5.41, 5.74) is 0.944. The fourth-order valence-corrected chi connectivity index (χ4v) is 4.95. The molecule has 29 heavy (non-hydrogen) atoms. The molecule has 0 unspecified atom stereocenters. The van der Waals surface area contributed by atoms with Crippen LogP contribution in [0, 0.1) is 17.3 Å². The molecule has 1 aromatic rings. The van der Waals surface area contributed by atoms with Crippen LogP contribution < -0.4 is 0 Å². The Morgan fingerprint density at radius 2 is 1.90 bits per heavy atom. The van der Waals surface area contributed by atoms with Crippen LogP contribution in [0.4, 0.5) is 4.79 Å². The average molecular weight is 402 g/mol. The lowest BCUT2D eigenvalue weighted by atomic mass is 9.68. The van der Waals surface area contributed by atoms with E-state index < -0.39 is 18.1 Å². The number of imide groups is 1. The molecule has 1 saturated heterocycles. The number of nitrogens with zero attached hydrogens (tertiary/aromatic N) is 1. The molecule has 5 nitrogen and oxygen atoms in total. The summed E-state index contributed by atoms with van der Waals surface area (Å²) in [5, 5.41) is 11.1. The molecule has 0 aromatic heterocycles. The number of benzene rings is 1. The van der Waals surface area contributed by atoms with Crippen LogP contribution in [0.25, 0.3) is 0 Å². The standard InChI is InChI=1S/C24H35NO4/c1-5-6-10-17-13-18(16-11-8-7-9-12-16)14-19(26)21(17)22(27)25-20(24(2,3)4)15-29-23(25)28/h7-9,11-12,17-21,26H,5-6,10,13-15H2,1-4H3/t17-,18+,19-,20+,21+/m1/s1. The molecular weight excluding hydrogens is 366 g/mol. The van der Waals surface area contributed by atoms with Gasteiger partial charge in [-0.15, -0.1) is 0 Å². The second-order valence-electron chi connectivity index (χ2n) is 9.74. The first-order valence-corrected chi connectivity index (χ1v) is 11.0. The van der Waals surface area contributed by atoms with Crippen LogP contribution in [0.2, 0.25) is 0 Å². The Bertz CT molecular complexity index is 711. The van der Waals surface area contributed by atoms with Gasteiger partial charge in [0.25, 0.3) is 0 Å². The summed E-state index contributed by atoms with van der Waals surface area (Å²) in [7, 11) is 0. The minimum Gasteiger partial charge on any atom is -0.447 e. The highest BCUT2D eigenvalue weighted by atomic mass is 16.6. The van der Waals surface area contributed by atoms with Crippen molar-refractivity contribution in [2.75, 3.05) is 6.61 Å². The molecule has 1 heterocycles. The van der Waals surface area contributed by atoms with E-state index in [9.17, 15) is 14.7 Å². The van der Waals surface area contributed by atoms with Gasteiger partial charge in [0.2, 0.25) is 5.91 Å². The van der Waals surface area contributed by atoms with E-state index in [0.717, 1.165) is 25.7 Å². The fourth-order valence-electron chi connectivity index (χ4n) is 4.95. The predicted molar refractivity (Wildman–Crippen MR) is 112 cm³/mol. The van der Waals surface area contributed by atoms with Crippen LogP contribution >= 0.6 is 0 Å². The van der Waals surface area contributed by atoms with E-state index in [2.05, 4.69) is 19.1 Å². The highest BCUT2D eigenvalue weighted by Gasteiger charge is 2.50. The quantitative estimate of drug-likeness (QED) is 0.774. The molecule has 0 radical (unpaired) electrons. The number of cyclic esters (lactones) is 1. The fraction of sp³-hybridized carbons (Fsp3) is 0.667. The van der Waals surface area contributed by atoms with Crippen molar-refractivity contribution in [2.45, 2.75) is 77.9 Å². The molecular formula is C24H35NO4. The second-order valence-corrected chi connectivity index (χ2v) is 9.74. The molecule has 1 N–H and O–H groups in total. The molecule has 2 fully saturated rings. The van der Waals surface area contributed by atoms with Crippen LogP contribution in [0.5, 0.6) is 0 Å². The third kappa shape index (κ3) is 4.66. The maximum absolute atomic E-state index is 13.6. The molecule has 5 heteroatoms. The van der Waals surface area contributed by atoms with Crippen molar-refractivity contribution in [2.24, 2.45) is 17.3 Å². The molecule has 0 spiro atoms. The third-order valence-corrected chi connectivity index (χ3v) is 6.63. The van der Waals surface area contributed by atoms with Crippen molar-refractivity contribution in [1.29, 1.82) is 0 Å². The van der Waals surface area contributed by atoms with Gasteiger partial charge in [0.15, 0.2) is 0 Å². The largest absolute Gasteiger partial charge is 0.447 e. The molecule has 3 rings (SSSR count). The second kappa shape index (κ2) is 8.86. The van der Waals surface area contributed by atoms with E-state index >= 15 is 0 Å². The highest BCUT2D eigenvalue weighted by Crippen LogP contribution is 2.44. The normalized spacial score (nSPS) is 30.3. The number of hydrogen-bond donors (Lipinski definition) is 1. The van der Waals surface area contributed by atoms with Crippen molar-refractivity contribution >= 4 is 12.0 Å². The molecule has 1 saturated carbocycles. The smallest absolute Gasteiger partial charge is 0.417 e. The number of aliphatic hydroxyl groups excluding tert-OH is 1. The summed E-state index contributed by atoms with van der Waals surface area (Å²) < 4.78 is 5.24. The first kappa shape index (κ1) is 21.8. The lowest BCUT2D eigenvalue weighted by Crippen LogP contribution is -2.53. The number of rotatable bonds is 5. The van der Waals surface area contributed by atoms with E-state index in [1.807, 2.05) is 39.0 Å². The summed E-state index contributed by atoms with van der Waals surface area (Å²) >= 11 is 0. The summed E-state index contributed by atoms with van der Waals surface area (Å²) in [6.45, 7) is 8.40. The van der Waals surface area contributed by atoms with Crippen molar-refractivity contribution < 1.29 is 19.4 Å². The highest BCUT2D eigenvalue weighted by molar-refractivity contribution is 5.95. The first-order valence-electron chi connectivity index (χ1n) is 11.0. The number of carbonyl (C=O) groups excluding carboxylic acids is 2. The van der Waals surface area contributed by atoms with E-state index in [0.29, 0.717) is 6.42 Å². The van der Waals surface area contributed by atoms with Gasteiger partial charge in [-0.25, -0.2) is 9.69 Å². The predicted octanol–water partition coefficient (Wildman–Crippen LogP) is 4.74. The lowest BCUT2D eigenvalue weighted by molar-refractivity contribution is -0.144. The molecule has 2 aliphatic rings. The van der Waals surface area contributed by atoms with E-state index in [-0.39, 0.29) is 35.8 Å². The van der Waals surface area contributed by atoms with Gasteiger partial charge in [-0.3, -0.25) is 4.79 Å². The van der Waals surface area contributed by atoms with E-state index in [4.69, 9.17) is 4.74 Å². The van der Waals surface area contributed by atoms with Gasteiger partial charge in [-0.1, -0.05) is 70.9 Å². The Balaban J connectivity index is 1.85. The molecule has 0 bridgehead atoms. The van der Waals surface area contributed by atoms with Crippen LogP contribution in [0.1, 0.15) is 71.3 Å². The average Bonchev–Trinajstić information content (AvgIpc) is 3.08. The molecule has 5 atom stereocenters. The van der Waals surface area contributed by atoms with Crippen molar-refractivity contribution in [3.8, 4) is 0 Å².